The Morgan fingerprint density at radius 3 is 2.24 bits per heavy atom. The van der Waals surface area contributed by atoms with Gasteiger partial charge in [0.25, 0.3) is 0 Å². The molecule has 11 heteroatoms. The third kappa shape index (κ3) is 9.38. The Balaban J connectivity index is 1.86. The summed E-state index contributed by atoms with van der Waals surface area (Å²) < 4.78 is 32.5. The van der Waals surface area contributed by atoms with E-state index in [4.69, 9.17) is 27.9 Å². The lowest BCUT2D eigenvalue weighted by Crippen LogP contribution is -2.52. The number of nitrogens with one attached hydrogen (secondary N) is 1. The van der Waals surface area contributed by atoms with Crippen molar-refractivity contribution in [2.75, 3.05) is 23.7 Å². The van der Waals surface area contributed by atoms with Crippen molar-refractivity contribution in [2.45, 2.75) is 45.9 Å². The minimum Gasteiger partial charge on any atom is -0.489 e. The molecule has 0 saturated carbocycles. The SMILES string of the molecule is CCCNC(=O)C(CC)N(Cc1ccc(Cl)cc1Cl)C(=O)CN(c1ccc(OCc2ccccc2)cc1)S(C)(=O)=O. The molecule has 0 fully saturated rings. The third-order valence-electron chi connectivity index (χ3n) is 6.34. The Hall–Kier alpha value is -3.27. The van der Waals surface area contributed by atoms with Crippen LogP contribution in [0, 0.1) is 0 Å². The summed E-state index contributed by atoms with van der Waals surface area (Å²) in [6, 6.07) is 20.2. The summed E-state index contributed by atoms with van der Waals surface area (Å²) in [5.41, 5.74) is 1.87. The quantitative estimate of drug-likeness (QED) is 0.251. The van der Waals surface area contributed by atoms with Crippen molar-refractivity contribution in [1.82, 2.24) is 10.2 Å². The lowest BCUT2D eigenvalue weighted by molar-refractivity contribution is -0.140. The average molecular weight is 621 g/mol. The molecule has 0 aliphatic rings. The molecule has 3 rings (SSSR count). The van der Waals surface area contributed by atoms with E-state index >= 15 is 0 Å². The van der Waals surface area contributed by atoms with Gasteiger partial charge in [0.05, 0.1) is 11.9 Å². The second kappa shape index (κ2) is 15.1. The third-order valence-corrected chi connectivity index (χ3v) is 8.07. The predicted octanol–water partition coefficient (Wildman–Crippen LogP) is 5.67. The van der Waals surface area contributed by atoms with Crippen LogP contribution in [-0.2, 0) is 32.8 Å². The van der Waals surface area contributed by atoms with Crippen LogP contribution in [0.3, 0.4) is 0 Å². The number of anilines is 1. The number of nitrogens with zero attached hydrogens (tertiary/aromatic N) is 2. The molecule has 3 aromatic rings. The van der Waals surface area contributed by atoms with Crippen LogP contribution < -0.4 is 14.4 Å². The molecule has 41 heavy (non-hydrogen) atoms. The van der Waals surface area contributed by atoms with Gasteiger partial charge >= 0.3 is 0 Å². The van der Waals surface area contributed by atoms with Crippen LogP contribution in [0.2, 0.25) is 10.0 Å². The summed E-state index contributed by atoms with van der Waals surface area (Å²) in [7, 11) is -3.87. The van der Waals surface area contributed by atoms with Gasteiger partial charge in [0.2, 0.25) is 21.8 Å². The van der Waals surface area contributed by atoms with E-state index in [2.05, 4.69) is 5.32 Å². The van der Waals surface area contributed by atoms with Crippen LogP contribution in [0.4, 0.5) is 5.69 Å². The average Bonchev–Trinajstić information content (AvgIpc) is 2.95. The van der Waals surface area contributed by atoms with Crippen LogP contribution >= 0.6 is 23.2 Å². The second-order valence-electron chi connectivity index (χ2n) is 9.51. The molecule has 0 bridgehead atoms. The molecule has 1 unspecified atom stereocenters. The molecular weight excluding hydrogens is 585 g/mol. The summed E-state index contributed by atoms with van der Waals surface area (Å²) >= 11 is 12.5. The summed E-state index contributed by atoms with van der Waals surface area (Å²) in [5.74, 6) is -0.321. The van der Waals surface area contributed by atoms with Crippen molar-refractivity contribution in [2.24, 2.45) is 0 Å². The van der Waals surface area contributed by atoms with E-state index in [1.165, 1.54) is 4.90 Å². The largest absolute Gasteiger partial charge is 0.489 e. The minimum atomic E-state index is -3.87. The van der Waals surface area contributed by atoms with Gasteiger partial charge in [-0.15, -0.1) is 0 Å². The van der Waals surface area contributed by atoms with Crippen molar-refractivity contribution in [1.29, 1.82) is 0 Å². The highest BCUT2D eigenvalue weighted by atomic mass is 35.5. The van der Waals surface area contributed by atoms with Crippen molar-refractivity contribution < 1.29 is 22.7 Å². The van der Waals surface area contributed by atoms with Gasteiger partial charge in [-0.2, -0.15) is 0 Å². The van der Waals surface area contributed by atoms with Crippen LogP contribution in [0.15, 0.2) is 72.8 Å². The zero-order valence-corrected chi connectivity index (χ0v) is 25.7. The molecule has 0 aliphatic heterocycles. The zero-order chi connectivity index (χ0) is 30.0. The van der Waals surface area contributed by atoms with Gasteiger partial charge in [-0.25, -0.2) is 8.42 Å². The van der Waals surface area contributed by atoms with E-state index in [0.717, 1.165) is 22.5 Å². The number of hydrogen-bond donors (Lipinski definition) is 1. The molecule has 0 spiro atoms. The van der Waals surface area contributed by atoms with E-state index in [0.29, 0.717) is 46.6 Å². The van der Waals surface area contributed by atoms with Gasteiger partial charge in [-0.1, -0.05) is 73.4 Å². The summed E-state index contributed by atoms with van der Waals surface area (Å²) in [5, 5.41) is 3.61. The van der Waals surface area contributed by atoms with E-state index < -0.39 is 28.5 Å². The molecule has 3 aromatic carbocycles. The minimum absolute atomic E-state index is 0.00322. The lowest BCUT2D eigenvalue weighted by Gasteiger charge is -2.33. The number of benzene rings is 3. The number of carbonyl (C=O) groups excluding carboxylic acids is 2. The van der Waals surface area contributed by atoms with Crippen molar-refractivity contribution >= 4 is 50.7 Å². The number of halogens is 2. The summed E-state index contributed by atoms with van der Waals surface area (Å²) in [4.78, 5) is 28.2. The normalized spacial score (nSPS) is 11.9. The van der Waals surface area contributed by atoms with E-state index in [-0.39, 0.29) is 12.5 Å². The number of ether oxygens (including phenoxy) is 1. The fraction of sp³-hybridized carbons (Fsp3) is 0.333. The highest BCUT2D eigenvalue weighted by molar-refractivity contribution is 7.92. The lowest BCUT2D eigenvalue weighted by atomic mass is 10.1. The monoisotopic (exact) mass is 619 g/mol. The van der Waals surface area contributed by atoms with Gasteiger partial charge in [-0.05, 0) is 60.4 Å². The second-order valence-corrected chi connectivity index (χ2v) is 12.3. The standard InChI is InChI=1S/C30H35Cl2N3O5S/c1-4-17-33-30(37)28(5-2)34(19-23-11-12-24(31)18-27(23)32)29(36)20-35(41(3,38)39)25-13-15-26(16-14-25)40-21-22-9-7-6-8-10-22/h6-16,18,28H,4-5,17,19-21H2,1-3H3,(H,33,37). The zero-order valence-electron chi connectivity index (χ0n) is 23.3. The number of amides is 2. The molecule has 220 valence electrons. The fourth-order valence-electron chi connectivity index (χ4n) is 4.18. The van der Waals surface area contributed by atoms with Gasteiger partial charge in [-0.3, -0.25) is 13.9 Å². The number of carbonyl (C=O) groups is 2. The number of rotatable bonds is 14. The molecular formula is C30H35Cl2N3O5S. The number of sulfonamides is 1. The molecule has 0 aliphatic carbocycles. The van der Waals surface area contributed by atoms with Crippen LogP contribution in [0.5, 0.6) is 5.75 Å². The molecule has 0 heterocycles. The molecule has 0 radical (unpaired) electrons. The topological polar surface area (TPSA) is 96.0 Å². The maximum atomic E-state index is 13.8. The maximum absolute atomic E-state index is 13.8. The molecule has 1 N–H and O–H groups in total. The first-order valence-electron chi connectivity index (χ1n) is 13.3. The van der Waals surface area contributed by atoms with Gasteiger partial charge in [0.1, 0.15) is 24.9 Å². The summed E-state index contributed by atoms with van der Waals surface area (Å²) in [6.45, 7) is 4.02. The van der Waals surface area contributed by atoms with Crippen molar-refractivity contribution in [3.63, 3.8) is 0 Å². The molecule has 0 aromatic heterocycles. The predicted molar refractivity (Wildman–Crippen MR) is 164 cm³/mol. The Labute approximate surface area is 252 Å². The first kappa shape index (κ1) is 32.2. The Bertz CT molecular complexity index is 1420. The van der Waals surface area contributed by atoms with E-state index in [1.807, 2.05) is 37.3 Å². The first-order valence-corrected chi connectivity index (χ1v) is 15.9. The Kier molecular flexibility index (Phi) is 11.9. The van der Waals surface area contributed by atoms with Crippen LogP contribution in [0.1, 0.15) is 37.8 Å². The highest BCUT2D eigenvalue weighted by Crippen LogP contribution is 2.26. The Morgan fingerprint density at radius 2 is 1.66 bits per heavy atom. The summed E-state index contributed by atoms with van der Waals surface area (Å²) in [6.07, 6.45) is 2.08. The smallest absolute Gasteiger partial charge is 0.244 e. The van der Waals surface area contributed by atoms with Crippen LogP contribution in [-0.4, -0.2) is 50.5 Å². The van der Waals surface area contributed by atoms with Crippen molar-refractivity contribution in [3.8, 4) is 5.75 Å². The van der Waals surface area contributed by atoms with E-state index in [9.17, 15) is 18.0 Å². The molecule has 2 amide bonds. The highest BCUT2D eigenvalue weighted by Gasteiger charge is 2.32. The Morgan fingerprint density at radius 1 is 0.976 bits per heavy atom. The molecule has 0 saturated heterocycles. The number of hydrogen-bond acceptors (Lipinski definition) is 5. The fourth-order valence-corrected chi connectivity index (χ4v) is 5.50. The maximum Gasteiger partial charge on any atom is 0.244 e. The van der Waals surface area contributed by atoms with Crippen LogP contribution in [0.25, 0.3) is 0 Å². The van der Waals surface area contributed by atoms with Crippen molar-refractivity contribution in [3.05, 3.63) is 94.0 Å². The van der Waals surface area contributed by atoms with Gasteiger partial charge in [0.15, 0.2) is 0 Å². The first-order chi connectivity index (χ1) is 19.5. The van der Waals surface area contributed by atoms with Gasteiger partial charge < -0.3 is 15.0 Å². The van der Waals surface area contributed by atoms with E-state index in [1.54, 1.807) is 49.4 Å². The molecule has 8 nitrogen and oxygen atoms in total. The van der Waals surface area contributed by atoms with Gasteiger partial charge in [0, 0.05) is 23.1 Å². The molecule has 1 atom stereocenters.